The second-order valence-corrected chi connectivity index (χ2v) is 11.4. The Labute approximate surface area is 188 Å². The van der Waals surface area contributed by atoms with Gasteiger partial charge in [0.05, 0.1) is 18.2 Å². The van der Waals surface area contributed by atoms with Crippen LogP contribution in [-0.4, -0.2) is 63.2 Å². The Balaban J connectivity index is 1.39. The number of piperidine rings is 1. The van der Waals surface area contributed by atoms with Crippen LogP contribution >= 0.6 is 11.6 Å². The lowest BCUT2D eigenvalue weighted by Gasteiger charge is -2.33. The topological polar surface area (TPSA) is 88.4 Å². The minimum atomic E-state index is -3.22. The lowest BCUT2D eigenvalue weighted by Crippen LogP contribution is -2.42. The molecular formula is C21H28ClN5O3S. The van der Waals surface area contributed by atoms with Gasteiger partial charge in [0.25, 0.3) is 0 Å². The fraction of sp³-hybridized carbons (Fsp3) is 0.571. The van der Waals surface area contributed by atoms with Gasteiger partial charge in [-0.3, -0.25) is 4.79 Å². The molecule has 2 aliphatic heterocycles. The number of fused-ring (bicyclic) bond motifs is 1. The number of carbonyl (C=O) groups is 1. The third kappa shape index (κ3) is 4.63. The van der Waals surface area contributed by atoms with Crippen molar-refractivity contribution in [2.75, 3.05) is 19.6 Å². The van der Waals surface area contributed by atoms with Gasteiger partial charge in [0, 0.05) is 37.1 Å². The standard InChI is InChI=1S/C21H28ClN5O3S/c1-15(2)31(29,30)26-8-6-17(7-9-26)21-24-23-19-14-25(10-11-27(19)21)20(28)13-16-4-3-5-18(22)12-16/h3-5,12,15,17H,6-11,13-14H2,1-2H3. The summed E-state index contributed by atoms with van der Waals surface area (Å²) < 4.78 is 28.5. The zero-order chi connectivity index (χ0) is 22.2. The lowest BCUT2D eigenvalue weighted by molar-refractivity contribution is -0.132. The van der Waals surface area contributed by atoms with Gasteiger partial charge in [-0.15, -0.1) is 10.2 Å². The highest BCUT2D eigenvalue weighted by molar-refractivity contribution is 7.89. The van der Waals surface area contributed by atoms with Crippen LogP contribution in [0, 0.1) is 0 Å². The monoisotopic (exact) mass is 465 g/mol. The van der Waals surface area contributed by atoms with Gasteiger partial charge in [-0.2, -0.15) is 0 Å². The van der Waals surface area contributed by atoms with E-state index in [1.807, 2.05) is 23.1 Å². The summed E-state index contributed by atoms with van der Waals surface area (Å²) in [5.41, 5.74) is 0.897. The minimum Gasteiger partial charge on any atom is -0.333 e. The van der Waals surface area contributed by atoms with E-state index >= 15 is 0 Å². The van der Waals surface area contributed by atoms with Crippen LogP contribution in [0.2, 0.25) is 5.02 Å². The summed E-state index contributed by atoms with van der Waals surface area (Å²) in [6.07, 6.45) is 1.79. The Kier molecular flexibility index (Phi) is 6.37. The van der Waals surface area contributed by atoms with E-state index in [1.54, 1.807) is 24.2 Å². The molecule has 1 saturated heterocycles. The van der Waals surface area contributed by atoms with Crippen LogP contribution in [0.3, 0.4) is 0 Å². The normalized spacial score (nSPS) is 18.4. The van der Waals surface area contributed by atoms with Crippen molar-refractivity contribution in [1.82, 2.24) is 24.0 Å². The molecule has 3 heterocycles. The maximum absolute atomic E-state index is 12.7. The largest absolute Gasteiger partial charge is 0.333 e. The molecule has 0 aliphatic carbocycles. The predicted molar refractivity (Wildman–Crippen MR) is 118 cm³/mol. The number of hydrogen-bond acceptors (Lipinski definition) is 5. The lowest BCUT2D eigenvalue weighted by atomic mass is 9.97. The Morgan fingerprint density at radius 2 is 1.90 bits per heavy atom. The van der Waals surface area contributed by atoms with Crippen molar-refractivity contribution in [3.05, 3.63) is 46.5 Å². The molecule has 8 nitrogen and oxygen atoms in total. The van der Waals surface area contributed by atoms with E-state index in [9.17, 15) is 13.2 Å². The maximum atomic E-state index is 12.7. The summed E-state index contributed by atoms with van der Waals surface area (Å²) in [4.78, 5) is 14.6. The molecule has 31 heavy (non-hydrogen) atoms. The number of hydrogen-bond donors (Lipinski definition) is 0. The summed E-state index contributed by atoms with van der Waals surface area (Å²) in [7, 11) is -3.22. The van der Waals surface area contributed by atoms with E-state index < -0.39 is 15.3 Å². The molecule has 0 unspecified atom stereocenters. The number of aromatic nitrogens is 3. The van der Waals surface area contributed by atoms with Crippen LogP contribution in [0.15, 0.2) is 24.3 Å². The third-order valence-corrected chi connectivity index (χ3v) is 8.67. The van der Waals surface area contributed by atoms with Gasteiger partial charge in [-0.1, -0.05) is 23.7 Å². The van der Waals surface area contributed by atoms with E-state index in [-0.39, 0.29) is 11.8 Å². The molecule has 0 N–H and O–H groups in total. The van der Waals surface area contributed by atoms with Crippen molar-refractivity contribution in [1.29, 1.82) is 0 Å². The van der Waals surface area contributed by atoms with Gasteiger partial charge >= 0.3 is 0 Å². The summed E-state index contributed by atoms with van der Waals surface area (Å²) in [6.45, 7) is 6.16. The fourth-order valence-corrected chi connectivity index (χ4v) is 5.82. The molecule has 0 saturated carbocycles. The van der Waals surface area contributed by atoms with E-state index in [1.165, 1.54) is 0 Å². The molecule has 2 aromatic rings. The molecule has 1 amide bonds. The quantitative estimate of drug-likeness (QED) is 0.676. The smallest absolute Gasteiger partial charge is 0.227 e. The maximum Gasteiger partial charge on any atom is 0.227 e. The average Bonchev–Trinajstić information content (AvgIpc) is 3.17. The Bertz CT molecular complexity index is 1060. The highest BCUT2D eigenvalue weighted by atomic mass is 35.5. The van der Waals surface area contributed by atoms with Crippen molar-refractivity contribution < 1.29 is 13.2 Å². The molecule has 4 rings (SSSR count). The van der Waals surface area contributed by atoms with Gasteiger partial charge in [-0.25, -0.2) is 12.7 Å². The van der Waals surface area contributed by atoms with Gasteiger partial charge in [0.1, 0.15) is 5.82 Å². The molecule has 1 aromatic carbocycles. The van der Waals surface area contributed by atoms with Gasteiger partial charge in [-0.05, 0) is 44.4 Å². The number of carbonyl (C=O) groups excluding carboxylic acids is 1. The first-order valence-corrected chi connectivity index (χ1v) is 12.6. The number of nitrogens with zero attached hydrogens (tertiary/aromatic N) is 5. The molecule has 10 heteroatoms. The predicted octanol–water partition coefficient (Wildman–Crippen LogP) is 2.43. The molecule has 0 radical (unpaired) electrons. The van der Waals surface area contributed by atoms with Crippen LogP contribution in [-0.2, 0) is 34.3 Å². The first kappa shape index (κ1) is 22.2. The van der Waals surface area contributed by atoms with Gasteiger partial charge in [0.15, 0.2) is 5.82 Å². The zero-order valence-corrected chi connectivity index (χ0v) is 19.4. The van der Waals surface area contributed by atoms with Crippen molar-refractivity contribution in [3.63, 3.8) is 0 Å². The van der Waals surface area contributed by atoms with Crippen LogP contribution < -0.4 is 0 Å². The third-order valence-electron chi connectivity index (χ3n) is 6.15. The summed E-state index contributed by atoms with van der Waals surface area (Å²) in [5, 5.41) is 8.99. The molecule has 2 aliphatic rings. The van der Waals surface area contributed by atoms with Gasteiger partial charge < -0.3 is 9.47 Å². The van der Waals surface area contributed by atoms with Crippen molar-refractivity contribution in [2.24, 2.45) is 0 Å². The number of amides is 1. The molecule has 168 valence electrons. The first-order chi connectivity index (χ1) is 14.8. The second kappa shape index (κ2) is 8.88. The minimum absolute atomic E-state index is 0.0465. The van der Waals surface area contributed by atoms with Crippen molar-refractivity contribution >= 4 is 27.5 Å². The summed E-state index contributed by atoms with van der Waals surface area (Å²) in [6, 6.07) is 7.36. The Morgan fingerprint density at radius 1 is 1.16 bits per heavy atom. The van der Waals surface area contributed by atoms with Crippen LogP contribution in [0.4, 0.5) is 0 Å². The second-order valence-electron chi connectivity index (χ2n) is 8.52. The molecule has 1 fully saturated rings. The Hall–Kier alpha value is -1.97. The zero-order valence-electron chi connectivity index (χ0n) is 17.9. The fourth-order valence-electron chi connectivity index (χ4n) is 4.30. The number of benzene rings is 1. The van der Waals surface area contributed by atoms with Crippen molar-refractivity contribution in [3.8, 4) is 0 Å². The summed E-state index contributed by atoms with van der Waals surface area (Å²) >= 11 is 6.02. The Morgan fingerprint density at radius 3 is 2.58 bits per heavy atom. The van der Waals surface area contributed by atoms with E-state index in [0.29, 0.717) is 44.2 Å². The first-order valence-electron chi connectivity index (χ1n) is 10.7. The van der Waals surface area contributed by atoms with Gasteiger partial charge in [0.2, 0.25) is 15.9 Å². The van der Waals surface area contributed by atoms with E-state index in [4.69, 9.17) is 11.6 Å². The molecule has 0 bridgehead atoms. The molecule has 1 aromatic heterocycles. The number of halogens is 1. The number of rotatable bonds is 5. The molecule has 0 atom stereocenters. The molecular weight excluding hydrogens is 438 g/mol. The van der Waals surface area contributed by atoms with E-state index in [2.05, 4.69) is 14.8 Å². The highest BCUT2D eigenvalue weighted by Gasteiger charge is 2.34. The van der Waals surface area contributed by atoms with Crippen molar-refractivity contribution in [2.45, 2.75) is 57.4 Å². The average molecular weight is 466 g/mol. The highest BCUT2D eigenvalue weighted by Crippen LogP contribution is 2.30. The molecule has 0 spiro atoms. The van der Waals surface area contributed by atoms with Crippen LogP contribution in [0.1, 0.15) is 49.8 Å². The SMILES string of the molecule is CC(C)S(=O)(=O)N1CCC(c2nnc3n2CCN(C(=O)Cc2cccc(Cl)c2)C3)CC1. The van der Waals surface area contributed by atoms with Crippen LogP contribution in [0.25, 0.3) is 0 Å². The van der Waals surface area contributed by atoms with Crippen LogP contribution in [0.5, 0.6) is 0 Å². The van der Waals surface area contributed by atoms with E-state index in [0.717, 1.165) is 30.1 Å². The summed E-state index contributed by atoms with van der Waals surface area (Å²) in [5.74, 6) is 1.94. The number of sulfonamides is 1.